The van der Waals surface area contributed by atoms with Gasteiger partial charge in [0.15, 0.2) is 0 Å². The smallest absolute Gasteiger partial charge is 0.226 e. The molecule has 0 bridgehead atoms. The average molecular weight is 282 g/mol. The van der Waals surface area contributed by atoms with Crippen LogP contribution in [0.25, 0.3) is 0 Å². The van der Waals surface area contributed by atoms with E-state index in [2.05, 4.69) is 12.1 Å². The number of carbonyl (C=O) groups is 1. The van der Waals surface area contributed by atoms with Gasteiger partial charge in [-0.2, -0.15) is 0 Å². The highest BCUT2D eigenvalue weighted by molar-refractivity contribution is 5.80. The Morgan fingerprint density at radius 3 is 2.43 bits per heavy atom. The molecule has 2 rings (SSSR count). The Hall–Kier alpha value is -2.29. The van der Waals surface area contributed by atoms with Gasteiger partial charge in [-0.3, -0.25) is 4.79 Å². The molecule has 2 aromatic rings. The van der Waals surface area contributed by atoms with Gasteiger partial charge < -0.3 is 10.6 Å². The van der Waals surface area contributed by atoms with Crippen molar-refractivity contribution in [2.24, 2.45) is 0 Å². The number of para-hydroxylation sites is 1. The molecule has 0 aromatic heterocycles. The van der Waals surface area contributed by atoms with Gasteiger partial charge in [0.2, 0.25) is 5.91 Å². The predicted molar refractivity (Wildman–Crippen MR) is 87.0 cm³/mol. The minimum absolute atomic E-state index is 0.112. The number of likely N-dealkylation sites (N-methyl/N-ethyl adjacent to an activating group) is 1. The highest BCUT2D eigenvalue weighted by Gasteiger charge is 2.10. The average Bonchev–Trinajstić information content (AvgIpc) is 2.50. The molecule has 3 heteroatoms. The van der Waals surface area contributed by atoms with Crippen LogP contribution in [0.3, 0.4) is 0 Å². The quantitative estimate of drug-likeness (QED) is 0.828. The summed E-state index contributed by atoms with van der Waals surface area (Å²) in [5, 5.41) is 0. The standard InChI is InChI=1S/C18H22N2O/c1-20(13-7-10-15-8-3-2-4-9-15)18(21)14-16-11-5-6-12-17(16)19/h2-6,8-9,11-12H,7,10,13-14,19H2,1H3. The number of carbonyl (C=O) groups excluding carboxylic acids is 1. The van der Waals surface area contributed by atoms with Crippen molar-refractivity contribution in [1.29, 1.82) is 0 Å². The number of nitrogens with zero attached hydrogens (tertiary/aromatic N) is 1. The maximum Gasteiger partial charge on any atom is 0.226 e. The minimum Gasteiger partial charge on any atom is -0.398 e. The Balaban J connectivity index is 1.79. The topological polar surface area (TPSA) is 46.3 Å². The zero-order chi connectivity index (χ0) is 15.1. The van der Waals surface area contributed by atoms with Crippen molar-refractivity contribution in [2.75, 3.05) is 19.3 Å². The molecule has 0 aliphatic carbocycles. The molecule has 21 heavy (non-hydrogen) atoms. The Labute approximate surface area is 126 Å². The van der Waals surface area contributed by atoms with Gasteiger partial charge in [0, 0.05) is 19.3 Å². The molecule has 0 aliphatic rings. The molecular formula is C18H22N2O. The van der Waals surface area contributed by atoms with Crippen molar-refractivity contribution in [3.63, 3.8) is 0 Å². The second-order valence-electron chi connectivity index (χ2n) is 5.28. The molecule has 0 unspecified atom stereocenters. The molecule has 1 amide bonds. The van der Waals surface area contributed by atoms with Crippen LogP contribution in [-0.2, 0) is 17.6 Å². The summed E-state index contributed by atoms with van der Waals surface area (Å²) in [7, 11) is 1.85. The highest BCUT2D eigenvalue weighted by Crippen LogP contribution is 2.12. The largest absolute Gasteiger partial charge is 0.398 e. The van der Waals surface area contributed by atoms with Gasteiger partial charge in [0.1, 0.15) is 0 Å². The van der Waals surface area contributed by atoms with Crippen molar-refractivity contribution in [1.82, 2.24) is 4.90 Å². The summed E-state index contributed by atoms with van der Waals surface area (Å²) >= 11 is 0. The molecule has 0 aliphatic heterocycles. The summed E-state index contributed by atoms with van der Waals surface area (Å²) in [5.74, 6) is 0.112. The van der Waals surface area contributed by atoms with Crippen LogP contribution in [0.2, 0.25) is 0 Å². The molecule has 0 saturated heterocycles. The molecule has 0 fully saturated rings. The molecule has 0 atom stereocenters. The molecule has 0 heterocycles. The molecular weight excluding hydrogens is 260 g/mol. The fourth-order valence-corrected chi connectivity index (χ4v) is 2.28. The van der Waals surface area contributed by atoms with E-state index in [0.29, 0.717) is 12.1 Å². The number of nitrogen functional groups attached to an aromatic ring is 1. The second-order valence-corrected chi connectivity index (χ2v) is 5.28. The van der Waals surface area contributed by atoms with E-state index >= 15 is 0 Å². The van der Waals surface area contributed by atoms with Crippen molar-refractivity contribution in [2.45, 2.75) is 19.3 Å². The molecule has 0 radical (unpaired) electrons. The lowest BCUT2D eigenvalue weighted by Crippen LogP contribution is -2.29. The van der Waals surface area contributed by atoms with E-state index in [1.165, 1.54) is 5.56 Å². The molecule has 2 aromatic carbocycles. The molecule has 110 valence electrons. The van der Waals surface area contributed by atoms with Crippen LogP contribution < -0.4 is 5.73 Å². The summed E-state index contributed by atoms with van der Waals surface area (Å²) in [4.78, 5) is 14.0. The van der Waals surface area contributed by atoms with Gasteiger partial charge in [0.05, 0.1) is 6.42 Å². The van der Waals surface area contributed by atoms with Gasteiger partial charge in [-0.15, -0.1) is 0 Å². The van der Waals surface area contributed by atoms with Crippen molar-refractivity contribution in [3.8, 4) is 0 Å². The molecule has 0 saturated carbocycles. The Morgan fingerprint density at radius 1 is 1.05 bits per heavy atom. The van der Waals surface area contributed by atoms with Crippen LogP contribution in [0, 0.1) is 0 Å². The SMILES string of the molecule is CN(CCCc1ccccc1)C(=O)Cc1ccccc1N. The van der Waals surface area contributed by atoms with E-state index < -0.39 is 0 Å². The third kappa shape index (κ3) is 4.63. The summed E-state index contributed by atoms with van der Waals surface area (Å²) in [6.07, 6.45) is 2.33. The second kappa shape index (κ2) is 7.48. The molecule has 0 spiro atoms. The number of amides is 1. The van der Waals surface area contributed by atoms with Crippen LogP contribution >= 0.6 is 0 Å². The van der Waals surface area contributed by atoms with Gasteiger partial charge in [0.25, 0.3) is 0 Å². The van der Waals surface area contributed by atoms with E-state index in [4.69, 9.17) is 5.73 Å². The Kier molecular flexibility index (Phi) is 5.38. The maximum absolute atomic E-state index is 12.2. The Morgan fingerprint density at radius 2 is 1.71 bits per heavy atom. The van der Waals surface area contributed by atoms with Gasteiger partial charge in [-0.1, -0.05) is 48.5 Å². The lowest BCUT2D eigenvalue weighted by Gasteiger charge is -2.17. The first-order valence-corrected chi connectivity index (χ1v) is 7.28. The number of nitrogens with two attached hydrogens (primary N) is 1. The Bertz CT molecular complexity index is 581. The van der Waals surface area contributed by atoms with Gasteiger partial charge in [-0.25, -0.2) is 0 Å². The van der Waals surface area contributed by atoms with Crippen molar-refractivity contribution < 1.29 is 4.79 Å². The number of benzene rings is 2. The summed E-state index contributed by atoms with van der Waals surface area (Å²) in [6.45, 7) is 0.764. The summed E-state index contributed by atoms with van der Waals surface area (Å²) < 4.78 is 0. The van der Waals surface area contributed by atoms with E-state index in [1.807, 2.05) is 49.5 Å². The number of hydrogen-bond acceptors (Lipinski definition) is 2. The normalized spacial score (nSPS) is 10.3. The van der Waals surface area contributed by atoms with Crippen LogP contribution in [0.4, 0.5) is 5.69 Å². The van der Waals surface area contributed by atoms with Crippen LogP contribution in [0.15, 0.2) is 54.6 Å². The fourth-order valence-electron chi connectivity index (χ4n) is 2.28. The van der Waals surface area contributed by atoms with E-state index in [1.54, 1.807) is 4.90 Å². The van der Waals surface area contributed by atoms with Crippen LogP contribution in [-0.4, -0.2) is 24.4 Å². The van der Waals surface area contributed by atoms with Crippen LogP contribution in [0.1, 0.15) is 17.5 Å². The van der Waals surface area contributed by atoms with E-state index in [-0.39, 0.29) is 5.91 Å². The van der Waals surface area contributed by atoms with Crippen molar-refractivity contribution >= 4 is 11.6 Å². The minimum atomic E-state index is 0.112. The molecule has 3 nitrogen and oxygen atoms in total. The van der Waals surface area contributed by atoms with Crippen molar-refractivity contribution in [3.05, 3.63) is 65.7 Å². The van der Waals surface area contributed by atoms with E-state index in [0.717, 1.165) is 24.9 Å². The highest BCUT2D eigenvalue weighted by atomic mass is 16.2. The number of anilines is 1. The first kappa shape index (κ1) is 15.1. The lowest BCUT2D eigenvalue weighted by atomic mass is 10.1. The third-order valence-corrected chi connectivity index (χ3v) is 3.62. The first-order chi connectivity index (χ1) is 10.2. The van der Waals surface area contributed by atoms with E-state index in [9.17, 15) is 4.79 Å². The number of aryl methyl sites for hydroxylation is 1. The summed E-state index contributed by atoms with van der Waals surface area (Å²) in [6, 6.07) is 17.9. The number of rotatable bonds is 6. The lowest BCUT2D eigenvalue weighted by molar-refractivity contribution is -0.129. The molecule has 2 N–H and O–H groups in total. The third-order valence-electron chi connectivity index (χ3n) is 3.62. The van der Waals surface area contributed by atoms with Crippen LogP contribution in [0.5, 0.6) is 0 Å². The summed E-state index contributed by atoms with van der Waals surface area (Å²) in [5.41, 5.74) is 8.77. The maximum atomic E-state index is 12.2. The van der Waals surface area contributed by atoms with Gasteiger partial charge >= 0.3 is 0 Å². The fraction of sp³-hybridized carbons (Fsp3) is 0.278. The predicted octanol–water partition coefficient (Wildman–Crippen LogP) is 2.90. The zero-order valence-electron chi connectivity index (χ0n) is 12.5. The number of hydrogen-bond donors (Lipinski definition) is 1. The zero-order valence-corrected chi connectivity index (χ0v) is 12.5. The first-order valence-electron chi connectivity index (χ1n) is 7.28. The monoisotopic (exact) mass is 282 g/mol. The van der Waals surface area contributed by atoms with Gasteiger partial charge in [-0.05, 0) is 30.0 Å².